The minimum Gasteiger partial charge on any atom is -0.468 e. The molecule has 1 amide bonds. The zero-order chi connectivity index (χ0) is 21.3. The Hall–Kier alpha value is -2.48. The summed E-state index contributed by atoms with van der Waals surface area (Å²) in [5.74, 6) is -0.834. The minimum atomic E-state index is -0.626. The number of esters is 1. The van der Waals surface area contributed by atoms with Crippen LogP contribution in [-0.2, 0) is 9.53 Å². The van der Waals surface area contributed by atoms with E-state index in [2.05, 4.69) is 0 Å². The lowest BCUT2D eigenvalue weighted by Crippen LogP contribution is -2.51. The molecule has 4 rings (SSSR count). The maximum absolute atomic E-state index is 14.0. The van der Waals surface area contributed by atoms with E-state index in [1.165, 1.54) is 24.5 Å². The lowest BCUT2D eigenvalue weighted by molar-refractivity contribution is -0.148. The van der Waals surface area contributed by atoms with Gasteiger partial charge in [-0.1, -0.05) is 35.9 Å². The minimum absolute atomic E-state index is 0.123. The van der Waals surface area contributed by atoms with Crippen molar-refractivity contribution in [1.82, 2.24) is 9.80 Å². The number of carbonyl (C=O) groups is 2. The van der Waals surface area contributed by atoms with Gasteiger partial charge in [-0.15, -0.1) is 11.3 Å². The molecule has 2 heterocycles. The van der Waals surface area contributed by atoms with Crippen molar-refractivity contribution in [3.63, 3.8) is 0 Å². The van der Waals surface area contributed by atoms with Gasteiger partial charge in [0.1, 0.15) is 11.9 Å². The van der Waals surface area contributed by atoms with Crippen LogP contribution in [0.1, 0.15) is 21.3 Å². The Labute approximate surface area is 182 Å². The topological polar surface area (TPSA) is 49.9 Å². The first kappa shape index (κ1) is 20.8. The number of carbonyl (C=O) groups excluding carboxylic acids is 2. The SMILES string of the molecule is COC(=O)C(c1ccccc1Cl)N1CCN(C(=O)c2cc3c(F)cccc3s2)CC1. The predicted octanol–water partition coefficient (Wildman–Crippen LogP) is 4.37. The van der Waals surface area contributed by atoms with Crippen molar-refractivity contribution in [2.24, 2.45) is 0 Å². The molecule has 1 fully saturated rings. The summed E-state index contributed by atoms with van der Waals surface area (Å²) >= 11 is 7.61. The number of amides is 1. The van der Waals surface area contributed by atoms with Crippen LogP contribution in [0.5, 0.6) is 0 Å². The van der Waals surface area contributed by atoms with E-state index in [1.807, 2.05) is 29.2 Å². The average molecular weight is 447 g/mol. The van der Waals surface area contributed by atoms with Crippen LogP contribution in [0.2, 0.25) is 5.02 Å². The van der Waals surface area contributed by atoms with Crippen molar-refractivity contribution in [3.05, 3.63) is 69.8 Å². The predicted molar refractivity (Wildman–Crippen MR) is 115 cm³/mol. The van der Waals surface area contributed by atoms with Crippen molar-refractivity contribution >= 4 is 44.9 Å². The van der Waals surface area contributed by atoms with Gasteiger partial charge in [0.05, 0.1) is 12.0 Å². The first-order valence-electron chi connectivity index (χ1n) is 9.53. The van der Waals surface area contributed by atoms with Gasteiger partial charge in [0.25, 0.3) is 5.91 Å². The molecule has 1 unspecified atom stereocenters. The fourth-order valence-electron chi connectivity index (χ4n) is 3.75. The monoisotopic (exact) mass is 446 g/mol. The van der Waals surface area contributed by atoms with Gasteiger partial charge in [0.2, 0.25) is 0 Å². The number of piperazine rings is 1. The number of fused-ring (bicyclic) bond motifs is 1. The zero-order valence-corrected chi connectivity index (χ0v) is 17.9. The van der Waals surface area contributed by atoms with E-state index in [0.717, 1.165) is 4.70 Å². The molecule has 2 aromatic carbocycles. The van der Waals surface area contributed by atoms with Crippen LogP contribution in [0, 0.1) is 5.82 Å². The summed E-state index contributed by atoms with van der Waals surface area (Å²) in [6.45, 7) is 1.90. The number of rotatable bonds is 4. The molecule has 30 heavy (non-hydrogen) atoms. The maximum Gasteiger partial charge on any atom is 0.327 e. The highest BCUT2D eigenvalue weighted by Gasteiger charge is 2.34. The summed E-state index contributed by atoms with van der Waals surface area (Å²) in [5, 5.41) is 0.965. The lowest BCUT2D eigenvalue weighted by Gasteiger charge is -2.38. The van der Waals surface area contributed by atoms with Crippen LogP contribution < -0.4 is 0 Å². The van der Waals surface area contributed by atoms with Gasteiger partial charge >= 0.3 is 5.97 Å². The highest BCUT2D eigenvalue weighted by molar-refractivity contribution is 7.20. The molecule has 1 aliphatic heterocycles. The fourth-order valence-corrected chi connectivity index (χ4v) is 5.03. The standard InChI is InChI=1S/C22H20ClFN2O3S/c1-29-22(28)20(14-5-2-3-6-16(14)23)25-9-11-26(12-10-25)21(27)19-13-15-17(24)7-4-8-18(15)30-19/h2-8,13,20H,9-12H2,1H3. The molecule has 1 aromatic heterocycles. The Bertz CT molecular complexity index is 1090. The van der Waals surface area contributed by atoms with Gasteiger partial charge in [-0.25, -0.2) is 9.18 Å². The number of benzene rings is 2. The van der Waals surface area contributed by atoms with Crippen molar-refractivity contribution in [2.75, 3.05) is 33.3 Å². The number of nitrogens with zero attached hydrogens (tertiary/aromatic N) is 2. The third-order valence-corrected chi connectivity index (χ3v) is 6.74. The molecule has 0 bridgehead atoms. The largest absolute Gasteiger partial charge is 0.468 e. The van der Waals surface area contributed by atoms with E-state index in [4.69, 9.17) is 16.3 Å². The summed E-state index contributed by atoms with van der Waals surface area (Å²) in [4.78, 5) is 29.7. The Morgan fingerprint density at radius 3 is 2.50 bits per heavy atom. The molecule has 8 heteroatoms. The number of hydrogen-bond acceptors (Lipinski definition) is 5. The Kier molecular flexibility index (Phi) is 6.04. The average Bonchev–Trinajstić information content (AvgIpc) is 3.21. The van der Waals surface area contributed by atoms with Gasteiger partial charge in [0, 0.05) is 41.3 Å². The van der Waals surface area contributed by atoms with Crippen LogP contribution in [-0.4, -0.2) is 55.0 Å². The fraction of sp³-hybridized carbons (Fsp3) is 0.273. The Morgan fingerprint density at radius 1 is 1.10 bits per heavy atom. The second kappa shape index (κ2) is 8.71. The van der Waals surface area contributed by atoms with Gasteiger partial charge < -0.3 is 9.64 Å². The molecule has 0 spiro atoms. The first-order valence-corrected chi connectivity index (χ1v) is 10.7. The van der Waals surface area contributed by atoms with Crippen LogP contribution >= 0.6 is 22.9 Å². The first-order chi connectivity index (χ1) is 14.5. The highest BCUT2D eigenvalue weighted by Crippen LogP contribution is 2.31. The lowest BCUT2D eigenvalue weighted by atomic mass is 10.0. The van der Waals surface area contributed by atoms with Crippen LogP contribution in [0.3, 0.4) is 0 Å². The highest BCUT2D eigenvalue weighted by atomic mass is 35.5. The van der Waals surface area contributed by atoms with E-state index in [1.54, 1.807) is 23.1 Å². The third kappa shape index (κ3) is 3.93. The molecule has 1 atom stereocenters. The molecule has 5 nitrogen and oxygen atoms in total. The molecule has 0 N–H and O–H groups in total. The molecule has 0 saturated carbocycles. The van der Waals surface area contributed by atoms with E-state index in [0.29, 0.717) is 47.0 Å². The normalized spacial score (nSPS) is 15.9. The summed E-state index contributed by atoms with van der Waals surface area (Å²) in [7, 11) is 1.35. The number of ether oxygens (including phenoxy) is 1. The number of methoxy groups -OCH3 is 1. The van der Waals surface area contributed by atoms with Crippen molar-refractivity contribution in [2.45, 2.75) is 6.04 Å². The van der Waals surface area contributed by atoms with E-state index < -0.39 is 6.04 Å². The van der Waals surface area contributed by atoms with Gasteiger partial charge in [-0.05, 0) is 29.8 Å². The molecule has 3 aromatic rings. The quantitative estimate of drug-likeness (QED) is 0.558. The molecular weight excluding hydrogens is 427 g/mol. The molecule has 156 valence electrons. The van der Waals surface area contributed by atoms with Crippen LogP contribution in [0.15, 0.2) is 48.5 Å². The molecule has 0 aliphatic carbocycles. The van der Waals surface area contributed by atoms with Crippen LogP contribution in [0.25, 0.3) is 10.1 Å². The second-order valence-corrected chi connectivity index (χ2v) is 8.53. The third-order valence-electron chi connectivity index (χ3n) is 5.31. The smallest absolute Gasteiger partial charge is 0.327 e. The summed E-state index contributed by atoms with van der Waals surface area (Å²) in [5.41, 5.74) is 0.686. The Morgan fingerprint density at radius 2 is 1.83 bits per heavy atom. The number of halogens is 2. The van der Waals surface area contributed by atoms with Crippen molar-refractivity contribution in [1.29, 1.82) is 0 Å². The van der Waals surface area contributed by atoms with Gasteiger partial charge in [-0.3, -0.25) is 9.69 Å². The summed E-state index contributed by atoms with van der Waals surface area (Å²) in [6, 6.07) is 13.0. The van der Waals surface area contributed by atoms with Crippen molar-refractivity contribution in [3.8, 4) is 0 Å². The molecule has 1 aliphatic rings. The van der Waals surface area contributed by atoms with Crippen molar-refractivity contribution < 1.29 is 18.7 Å². The van der Waals surface area contributed by atoms with E-state index in [-0.39, 0.29) is 17.7 Å². The second-order valence-electron chi connectivity index (χ2n) is 7.04. The summed E-state index contributed by atoms with van der Waals surface area (Å²) < 4.78 is 19.7. The van der Waals surface area contributed by atoms with Crippen LogP contribution in [0.4, 0.5) is 4.39 Å². The van der Waals surface area contributed by atoms with E-state index in [9.17, 15) is 14.0 Å². The molecule has 1 saturated heterocycles. The molecular formula is C22H20ClFN2O3S. The number of thiophene rings is 1. The summed E-state index contributed by atoms with van der Waals surface area (Å²) in [6.07, 6.45) is 0. The van der Waals surface area contributed by atoms with Gasteiger partial charge in [-0.2, -0.15) is 0 Å². The van der Waals surface area contributed by atoms with Gasteiger partial charge in [0.15, 0.2) is 0 Å². The maximum atomic E-state index is 14.0. The number of hydrogen-bond donors (Lipinski definition) is 0. The zero-order valence-electron chi connectivity index (χ0n) is 16.3. The van der Waals surface area contributed by atoms with E-state index >= 15 is 0 Å². The molecule has 0 radical (unpaired) electrons. The Balaban J connectivity index is 1.50.